The molecule has 0 aliphatic carbocycles. The summed E-state index contributed by atoms with van der Waals surface area (Å²) < 4.78 is 1.80. The summed E-state index contributed by atoms with van der Waals surface area (Å²) in [7, 11) is 0. The van der Waals surface area contributed by atoms with Crippen molar-refractivity contribution in [3.8, 4) is 5.69 Å². The zero-order valence-electron chi connectivity index (χ0n) is 12.1. The van der Waals surface area contributed by atoms with Crippen LogP contribution in [0, 0.1) is 0 Å². The third kappa shape index (κ3) is 2.34. The van der Waals surface area contributed by atoms with Crippen LogP contribution in [-0.2, 0) is 0 Å². The van der Waals surface area contributed by atoms with E-state index in [1.807, 2.05) is 42.7 Å². The zero-order valence-corrected chi connectivity index (χ0v) is 12.1. The first kappa shape index (κ1) is 13.0. The second kappa shape index (κ2) is 5.59. The standard InChI is InChI=1S/C15H17N7/c1-2-6-13(7-3-1)22-15(18-19-20-22)21-10-4-5-12(11-21)14-16-8-9-17-14/h1-3,6-9,12H,4-5,10-11H2,(H,16,17). The Morgan fingerprint density at radius 1 is 1.18 bits per heavy atom. The monoisotopic (exact) mass is 295 g/mol. The van der Waals surface area contributed by atoms with Gasteiger partial charge in [0.15, 0.2) is 0 Å². The molecule has 112 valence electrons. The zero-order chi connectivity index (χ0) is 14.8. The van der Waals surface area contributed by atoms with Crippen LogP contribution in [0.4, 0.5) is 5.95 Å². The maximum absolute atomic E-state index is 4.40. The Balaban J connectivity index is 1.61. The number of benzene rings is 1. The number of imidazole rings is 1. The Morgan fingerprint density at radius 2 is 2.09 bits per heavy atom. The first-order valence-corrected chi connectivity index (χ1v) is 7.50. The van der Waals surface area contributed by atoms with E-state index in [4.69, 9.17) is 0 Å². The molecular weight excluding hydrogens is 278 g/mol. The van der Waals surface area contributed by atoms with Gasteiger partial charge in [-0.3, -0.25) is 0 Å². The second-order valence-corrected chi connectivity index (χ2v) is 5.49. The van der Waals surface area contributed by atoms with Crippen molar-refractivity contribution in [2.24, 2.45) is 0 Å². The van der Waals surface area contributed by atoms with E-state index in [0.29, 0.717) is 5.92 Å². The smallest absolute Gasteiger partial charge is 0.250 e. The van der Waals surface area contributed by atoms with Gasteiger partial charge in [-0.05, 0) is 35.4 Å². The molecule has 0 amide bonds. The molecule has 0 radical (unpaired) electrons. The average Bonchev–Trinajstić information content (AvgIpc) is 3.27. The summed E-state index contributed by atoms with van der Waals surface area (Å²) in [6, 6.07) is 9.98. The lowest BCUT2D eigenvalue weighted by Gasteiger charge is -2.31. The molecule has 7 nitrogen and oxygen atoms in total. The molecule has 0 saturated carbocycles. The van der Waals surface area contributed by atoms with Crippen molar-refractivity contribution in [3.63, 3.8) is 0 Å². The quantitative estimate of drug-likeness (QED) is 0.797. The van der Waals surface area contributed by atoms with Gasteiger partial charge >= 0.3 is 0 Å². The average molecular weight is 295 g/mol. The molecule has 1 aliphatic rings. The van der Waals surface area contributed by atoms with Crippen LogP contribution in [0.5, 0.6) is 0 Å². The third-order valence-corrected chi connectivity index (χ3v) is 4.06. The predicted octanol–water partition coefficient (Wildman–Crippen LogP) is 1.77. The number of anilines is 1. The van der Waals surface area contributed by atoms with Crippen molar-refractivity contribution < 1.29 is 0 Å². The number of aromatic nitrogens is 6. The highest BCUT2D eigenvalue weighted by Gasteiger charge is 2.26. The van der Waals surface area contributed by atoms with Crippen molar-refractivity contribution in [2.75, 3.05) is 18.0 Å². The lowest BCUT2D eigenvalue weighted by atomic mass is 9.98. The van der Waals surface area contributed by atoms with Crippen LogP contribution in [0.1, 0.15) is 24.6 Å². The summed E-state index contributed by atoms with van der Waals surface area (Å²) in [4.78, 5) is 9.86. The van der Waals surface area contributed by atoms with Gasteiger partial charge in [-0.2, -0.15) is 4.68 Å². The van der Waals surface area contributed by atoms with Gasteiger partial charge in [0.05, 0.1) is 5.69 Å². The molecule has 2 aromatic heterocycles. The van der Waals surface area contributed by atoms with Crippen molar-refractivity contribution in [1.29, 1.82) is 0 Å². The normalized spacial score (nSPS) is 18.5. The summed E-state index contributed by atoms with van der Waals surface area (Å²) >= 11 is 0. The molecule has 1 aliphatic heterocycles. The maximum Gasteiger partial charge on any atom is 0.250 e. The van der Waals surface area contributed by atoms with E-state index >= 15 is 0 Å². The highest BCUT2D eigenvalue weighted by Crippen LogP contribution is 2.27. The number of hydrogen-bond acceptors (Lipinski definition) is 5. The minimum absolute atomic E-state index is 0.393. The summed E-state index contributed by atoms with van der Waals surface area (Å²) in [5.41, 5.74) is 0.975. The number of tetrazole rings is 1. The second-order valence-electron chi connectivity index (χ2n) is 5.49. The van der Waals surface area contributed by atoms with Crippen LogP contribution in [0.25, 0.3) is 5.69 Å². The van der Waals surface area contributed by atoms with Crippen LogP contribution in [0.3, 0.4) is 0 Å². The molecule has 1 aromatic carbocycles. The van der Waals surface area contributed by atoms with E-state index in [1.165, 1.54) is 0 Å². The van der Waals surface area contributed by atoms with E-state index in [-0.39, 0.29) is 0 Å². The summed E-state index contributed by atoms with van der Waals surface area (Å²) in [6.07, 6.45) is 5.93. The van der Waals surface area contributed by atoms with E-state index < -0.39 is 0 Å². The van der Waals surface area contributed by atoms with E-state index in [0.717, 1.165) is 43.4 Å². The number of hydrogen-bond donors (Lipinski definition) is 1. The molecule has 0 spiro atoms. The molecule has 22 heavy (non-hydrogen) atoms. The van der Waals surface area contributed by atoms with Crippen LogP contribution < -0.4 is 4.90 Å². The molecule has 1 atom stereocenters. The number of rotatable bonds is 3. The maximum atomic E-state index is 4.40. The van der Waals surface area contributed by atoms with Gasteiger partial charge in [-0.25, -0.2) is 4.98 Å². The highest BCUT2D eigenvalue weighted by molar-refractivity contribution is 5.41. The number of piperidine rings is 1. The SMILES string of the molecule is c1ccc(-n2nnnc2N2CCCC(c3ncc[nH]3)C2)cc1. The number of H-pyrrole nitrogens is 1. The van der Waals surface area contributed by atoms with Gasteiger partial charge in [-0.1, -0.05) is 23.3 Å². The van der Waals surface area contributed by atoms with Gasteiger partial charge in [0.2, 0.25) is 5.95 Å². The van der Waals surface area contributed by atoms with Gasteiger partial charge in [0, 0.05) is 31.4 Å². The Morgan fingerprint density at radius 3 is 2.91 bits per heavy atom. The Bertz CT molecular complexity index is 719. The minimum atomic E-state index is 0.393. The molecule has 1 N–H and O–H groups in total. The lowest BCUT2D eigenvalue weighted by Crippen LogP contribution is -2.36. The Kier molecular flexibility index (Phi) is 3.30. The summed E-state index contributed by atoms with van der Waals surface area (Å²) in [6.45, 7) is 1.84. The molecule has 1 unspecified atom stereocenters. The molecule has 7 heteroatoms. The number of nitrogens with one attached hydrogen (secondary N) is 1. The first-order valence-electron chi connectivity index (χ1n) is 7.50. The highest BCUT2D eigenvalue weighted by atomic mass is 15.6. The van der Waals surface area contributed by atoms with Crippen LogP contribution in [0.15, 0.2) is 42.7 Å². The van der Waals surface area contributed by atoms with Crippen molar-refractivity contribution >= 4 is 5.95 Å². The van der Waals surface area contributed by atoms with Gasteiger partial charge in [-0.15, -0.1) is 0 Å². The van der Waals surface area contributed by atoms with Crippen molar-refractivity contribution in [2.45, 2.75) is 18.8 Å². The Labute approximate surface area is 128 Å². The fourth-order valence-corrected chi connectivity index (χ4v) is 3.00. The minimum Gasteiger partial charge on any atom is -0.348 e. The van der Waals surface area contributed by atoms with Crippen molar-refractivity contribution in [1.82, 2.24) is 30.2 Å². The van der Waals surface area contributed by atoms with Crippen LogP contribution >= 0.6 is 0 Å². The predicted molar refractivity (Wildman–Crippen MR) is 81.9 cm³/mol. The molecule has 3 aromatic rings. The molecule has 1 saturated heterocycles. The fourth-order valence-electron chi connectivity index (χ4n) is 3.00. The van der Waals surface area contributed by atoms with Gasteiger partial charge in [0.1, 0.15) is 5.82 Å². The Hall–Kier alpha value is -2.70. The summed E-state index contributed by atoms with van der Waals surface area (Å²) in [5, 5.41) is 12.2. The lowest BCUT2D eigenvalue weighted by molar-refractivity contribution is 0.486. The first-order chi connectivity index (χ1) is 10.9. The molecular formula is C15H17N7. The molecule has 4 rings (SSSR count). The molecule has 3 heterocycles. The topological polar surface area (TPSA) is 75.5 Å². The van der Waals surface area contributed by atoms with Gasteiger partial charge < -0.3 is 9.88 Å². The summed E-state index contributed by atoms with van der Waals surface area (Å²) in [5.74, 6) is 2.23. The van der Waals surface area contributed by atoms with Gasteiger partial charge in [0.25, 0.3) is 0 Å². The van der Waals surface area contributed by atoms with Crippen molar-refractivity contribution in [3.05, 3.63) is 48.5 Å². The van der Waals surface area contributed by atoms with E-state index in [9.17, 15) is 0 Å². The third-order valence-electron chi connectivity index (χ3n) is 4.06. The largest absolute Gasteiger partial charge is 0.348 e. The molecule has 0 bridgehead atoms. The van der Waals surface area contributed by atoms with Crippen LogP contribution in [-0.4, -0.2) is 43.3 Å². The number of aromatic amines is 1. The van der Waals surface area contributed by atoms with E-state index in [2.05, 4.69) is 30.4 Å². The van der Waals surface area contributed by atoms with Crippen LogP contribution in [0.2, 0.25) is 0 Å². The fraction of sp³-hybridized carbons (Fsp3) is 0.333. The number of nitrogens with zero attached hydrogens (tertiary/aromatic N) is 6. The van der Waals surface area contributed by atoms with E-state index in [1.54, 1.807) is 4.68 Å². The number of para-hydroxylation sites is 1. The molecule has 1 fully saturated rings.